The number of anilines is 1. The van der Waals surface area contributed by atoms with Gasteiger partial charge < -0.3 is 23.9 Å². The number of amides is 1. The molecule has 0 aliphatic heterocycles. The number of ether oxygens (including phenoxy) is 3. The molecule has 0 aliphatic rings. The number of aromatic nitrogens is 2. The van der Waals surface area contributed by atoms with Crippen molar-refractivity contribution in [2.45, 2.75) is 20.5 Å². The SMILES string of the molecule is COc1cc(C)c(NC(=O)c2ccccc2OCc2cn3cccc(C)c3n2)cc1OC. The summed E-state index contributed by atoms with van der Waals surface area (Å²) < 4.78 is 18.6. The van der Waals surface area contributed by atoms with Gasteiger partial charge in [-0.05, 0) is 49.2 Å². The topological polar surface area (TPSA) is 74.1 Å². The minimum Gasteiger partial charge on any atom is -0.493 e. The van der Waals surface area contributed by atoms with E-state index < -0.39 is 0 Å². The third kappa shape index (κ3) is 4.23. The lowest BCUT2D eigenvalue weighted by atomic mass is 10.1. The standard InChI is InChI=1S/C25H25N3O4/c1-16-8-7-11-28-14-18(26-24(16)28)15-32-21-10-6-5-9-19(21)25(29)27-20-13-23(31-4)22(30-3)12-17(20)2/h5-14H,15H2,1-4H3,(H,27,29). The Labute approximate surface area is 186 Å². The maximum atomic E-state index is 13.1. The molecule has 2 aromatic carbocycles. The highest BCUT2D eigenvalue weighted by atomic mass is 16.5. The number of hydrogen-bond donors (Lipinski definition) is 1. The van der Waals surface area contributed by atoms with E-state index >= 15 is 0 Å². The van der Waals surface area contributed by atoms with Gasteiger partial charge in [0.05, 0.1) is 25.5 Å². The Kier molecular flexibility index (Phi) is 5.98. The number of fused-ring (bicyclic) bond motifs is 1. The number of nitrogens with zero attached hydrogens (tertiary/aromatic N) is 2. The summed E-state index contributed by atoms with van der Waals surface area (Å²) in [5.74, 6) is 1.35. The first-order chi connectivity index (χ1) is 15.5. The van der Waals surface area contributed by atoms with Gasteiger partial charge in [-0.25, -0.2) is 4.98 Å². The third-order valence-electron chi connectivity index (χ3n) is 5.21. The summed E-state index contributed by atoms with van der Waals surface area (Å²) in [5, 5.41) is 2.95. The number of methoxy groups -OCH3 is 2. The van der Waals surface area contributed by atoms with Crippen LogP contribution in [0.25, 0.3) is 5.65 Å². The van der Waals surface area contributed by atoms with E-state index in [-0.39, 0.29) is 12.5 Å². The largest absolute Gasteiger partial charge is 0.493 e. The van der Waals surface area contributed by atoms with Crippen molar-refractivity contribution in [3.8, 4) is 17.2 Å². The molecule has 0 saturated carbocycles. The van der Waals surface area contributed by atoms with Gasteiger partial charge in [-0.3, -0.25) is 4.79 Å². The van der Waals surface area contributed by atoms with E-state index in [1.54, 1.807) is 38.5 Å². The molecule has 0 unspecified atom stereocenters. The van der Waals surface area contributed by atoms with Gasteiger partial charge >= 0.3 is 0 Å². The zero-order chi connectivity index (χ0) is 22.7. The van der Waals surface area contributed by atoms with Crippen LogP contribution >= 0.6 is 0 Å². The van der Waals surface area contributed by atoms with Crippen molar-refractivity contribution in [1.29, 1.82) is 0 Å². The molecular weight excluding hydrogens is 406 g/mol. The Hall–Kier alpha value is -4.00. The fourth-order valence-electron chi connectivity index (χ4n) is 3.51. The molecule has 32 heavy (non-hydrogen) atoms. The quantitative estimate of drug-likeness (QED) is 0.455. The van der Waals surface area contributed by atoms with Crippen LogP contribution in [-0.4, -0.2) is 29.5 Å². The molecule has 0 fully saturated rings. The fraction of sp³-hybridized carbons (Fsp3) is 0.200. The average molecular weight is 431 g/mol. The smallest absolute Gasteiger partial charge is 0.259 e. The molecule has 0 radical (unpaired) electrons. The highest BCUT2D eigenvalue weighted by molar-refractivity contribution is 6.06. The summed E-state index contributed by atoms with van der Waals surface area (Å²) in [6.07, 6.45) is 3.88. The molecule has 7 heteroatoms. The number of carbonyl (C=O) groups excluding carboxylic acids is 1. The lowest BCUT2D eigenvalue weighted by molar-refractivity contribution is 0.102. The highest BCUT2D eigenvalue weighted by Crippen LogP contribution is 2.33. The maximum absolute atomic E-state index is 13.1. The van der Waals surface area contributed by atoms with Crippen LogP contribution in [0.3, 0.4) is 0 Å². The van der Waals surface area contributed by atoms with Crippen LogP contribution < -0.4 is 19.5 Å². The average Bonchev–Trinajstić information content (AvgIpc) is 3.23. The molecule has 4 rings (SSSR count). The van der Waals surface area contributed by atoms with Gasteiger partial charge in [-0.1, -0.05) is 18.2 Å². The van der Waals surface area contributed by atoms with Gasteiger partial charge in [-0.2, -0.15) is 0 Å². The van der Waals surface area contributed by atoms with Crippen molar-refractivity contribution < 1.29 is 19.0 Å². The lowest BCUT2D eigenvalue weighted by Crippen LogP contribution is -2.14. The summed E-state index contributed by atoms with van der Waals surface area (Å²) in [4.78, 5) is 17.7. The minimum absolute atomic E-state index is 0.251. The Morgan fingerprint density at radius 2 is 1.72 bits per heavy atom. The number of benzene rings is 2. The summed E-state index contributed by atoms with van der Waals surface area (Å²) in [6, 6.07) is 14.7. The fourth-order valence-corrected chi connectivity index (χ4v) is 3.51. The molecule has 7 nitrogen and oxygen atoms in total. The Morgan fingerprint density at radius 1 is 0.969 bits per heavy atom. The number of aryl methyl sites for hydroxylation is 2. The van der Waals surface area contributed by atoms with E-state index in [2.05, 4.69) is 10.3 Å². The Morgan fingerprint density at radius 3 is 2.47 bits per heavy atom. The molecule has 0 spiro atoms. The first-order valence-corrected chi connectivity index (χ1v) is 10.2. The first-order valence-electron chi connectivity index (χ1n) is 10.2. The molecule has 2 heterocycles. The second-order valence-electron chi connectivity index (χ2n) is 7.42. The van der Waals surface area contributed by atoms with Crippen LogP contribution in [0.4, 0.5) is 5.69 Å². The van der Waals surface area contributed by atoms with Crippen molar-refractivity contribution in [2.24, 2.45) is 0 Å². The number of carbonyl (C=O) groups is 1. The highest BCUT2D eigenvalue weighted by Gasteiger charge is 2.16. The number of imidazole rings is 1. The van der Waals surface area contributed by atoms with E-state index in [0.717, 1.165) is 22.5 Å². The van der Waals surface area contributed by atoms with Gasteiger partial charge in [-0.15, -0.1) is 0 Å². The van der Waals surface area contributed by atoms with E-state index in [0.29, 0.717) is 28.5 Å². The van der Waals surface area contributed by atoms with Crippen molar-refractivity contribution in [3.63, 3.8) is 0 Å². The van der Waals surface area contributed by atoms with E-state index in [1.165, 1.54) is 0 Å². The molecule has 0 aliphatic carbocycles. The predicted molar refractivity (Wildman–Crippen MR) is 123 cm³/mol. The predicted octanol–water partition coefficient (Wildman–Crippen LogP) is 4.80. The van der Waals surface area contributed by atoms with E-state index in [1.807, 2.05) is 54.9 Å². The van der Waals surface area contributed by atoms with Crippen LogP contribution in [0.15, 0.2) is 60.9 Å². The van der Waals surface area contributed by atoms with Gasteiger partial charge in [0, 0.05) is 24.1 Å². The normalized spacial score (nSPS) is 10.8. The zero-order valence-electron chi connectivity index (χ0n) is 18.5. The number of pyridine rings is 1. The van der Waals surface area contributed by atoms with Gasteiger partial charge in [0.2, 0.25) is 0 Å². The van der Waals surface area contributed by atoms with Crippen molar-refractivity contribution >= 4 is 17.2 Å². The Bertz CT molecular complexity index is 1280. The third-order valence-corrected chi connectivity index (χ3v) is 5.21. The van der Waals surface area contributed by atoms with Crippen LogP contribution in [0.1, 0.15) is 27.2 Å². The Balaban J connectivity index is 1.54. The summed E-state index contributed by atoms with van der Waals surface area (Å²) in [7, 11) is 3.14. The lowest BCUT2D eigenvalue weighted by Gasteiger charge is -2.15. The number of para-hydroxylation sites is 1. The molecule has 1 amide bonds. The maximum Gasteiger partial charge on any atom is 0.259 e. The van der Waals surface area contributed by atoms with Gasteiger partial charge in [0.15, 0.2) is 11.5 Å². The molecule has 0 bridgehead atoms. The molecule has 1 N–H and O–H groups in total. The van der Waals surface area contributed by atoms with Crippen LogP contribution in [0.5, 0.6) is 17.2 Å². The zero-order valence-corrected chi connectivity index (χ0v) is 18.5. The molecular formula is C25H25N3O4. The van der Waals surface area contributed by atoms with E-state index in [9.17, 15) is 4.79 Å². The minimum atomic E-state index is -0.276. The summed E-state index contributed by atoms with van der Waals surface area (Å²) in [6.45, 7) is 4.16. The van der Waals surface area contributed by atoms with Crippen LogP contribution in [0.2, 0.25) is 0 Å². The molecule has 0 atom stereocenters. The number of rotatable bonds is 7. The van der Waals surface area contributed by atoms with Crippen molar-refractivity contribution in [2.75, 3.05) is 19.5 Å². The second kappa shape index (κ2) is 9.01. The summed E-state index contributed by atoms with van der Waals surface area (Å²) >= 11 is 0. The van der Waals surface area contributed by atoms with Gasteiger partial charge in [0.25, 0.3) is 5.91 Å². The molecule has 4 aromatic rings. The second-order valence-corrected chi connectivity index (χ2v) is 7.42. The van der Waals surface area contributed by atoms with E-state index in [4.69, 9.17) is 14.2 Å². The van der Waals surface area contributed by atoms with Crippen molar-refractivity contribution in [3.05, 3.63) is 83.3 Å². The number of nitrogens with one attached hydrogen (secondary N) is 1. The van der Waals surface area contributed by atoms with Gasteiger partial charge in [0.1, 0.15) is 18.0 Å². The number of hydrogen-bond acceptors (Lipinski definition) is 5. The molecule has 0 saturated heterocycles. The van der Waals surface area contributed by atoms with Crippen LogP contribution in [-0.2, 0) is 6.61 Å². The first kappa shape index (κ1) is 21.2. The molecule has 164 valence electrons. The monoisotopic (exact) mass is 431 g/mol. The summed E-state index contributed by atoms with van der Waals surface area (Å²) in [5.41, 5.74) is 4.68. The van der Waals surface area contributed by atoms with Crippen LogP contribution in [0, 0.1) is 13.8 Å². The molecule has 2 aromatic heterocycles. The van der Waals surface area contributed by atoms with Crippen molar-refractivity contribution in [1.82, 2.24) is 9.38 Å².